The average molecular weight is 427 g/mol. The Labute approximate surface area is 177 Å². The van der Waals surface area contributed by atoms with Gasteiger partial charge >= 0.3 is 0 Å². The van der Waals surface area contributed by atoms with Crippen molar-refractivity contribution in [2.75, 3.05) is 0 Å². The van der Waals surface area contributed by atoms with Gasteiger partial charge in [0.25, 0.3) is 5.56 Å². The molecule has 3 aromatic heterocycles. The van der Waals surface area contributed by atoms with Crippen molar-refractivity contribution in [3.63, 3.8) is 0 Å². The van der Waals surface area contributed by atoms with E-state index in [1.54, 1.807) is 15.9 Å². The van der Waals surface area contributed by atoms with Gasteiger partial charge in [0, 0.05) is 6.54 Å². The highest BCUT2D eigenvalue weighted by Crippen LogP contribution is 2.34. The molecule has 4 rings (SSSR count). The van der Waals surface area contributed by atoms with Crippen molar-refractivity contribution in [3.05, 3.63) is 58.0 Å². The SMILES string of the molecule is CC(C)CCn1c(SC(C)c2nc(-c3cccs3)no2)nc2ccccc2c1=O. The van der Waals surface area contributed by atoms with Gasteiger partial charge in [-0.25, -0.2) is 4.98 Å². The monoisotopic (exact) mass is 426 g/mol. The lowest BCUT2D eigenvalue weighted by Crippen LogP contribution is -2.24. The summed E-state index contributed by atoms with van der Waals surface area (Å²) in [6.07, 6.45) is 0.908. The lowest BCUT2D eigenvalue weighted by Gasteiger charge is -2.15. The number of para-hydroxylation sites is 1. The van der Waals surface area contributed by atoms with E-state index in [-0.39, 0.29) is 10.8 Å². The molecule has 8 heteroatoms. The predicted octanol–water partition coefficient (Wildman–Crippen LogP) is 5.41. The second-order valence-corrected chi connectivity index (χ2v) is 9.50. The van der Waals surface area contributed by atoms with E-state index in [9.17, 15) is 4.79 Å². The van der Waals surface area contributed by atoms with Crippen LogP contribution in [-0.2, 0) is 6.54 Å². The van der Waals surface area contributed by atoms with E-state index in [1.165, 1.54) is 11.8 Å². The Morgan fingerprint density at radius 1 is 1.14 bits per heavy atom. The van der Waals surface area contributed by atoms with Gasteiger partial charge in [0.05, 0.1) is 21.0 Å². The van der Waals surface area contributed by atoms with Crippen LogP contribution in [0.25, 0.3) is 21.6 Å². The fourth-order valence-electron chi connectivity index (χ4n) is 2.94. The molecule has 0 aliphatic carbocycles. The molecule has 0 aliphatic rings. The highest BCUT2D eigenvalue weighted by Gasteiger charge is 2.21. The first-order valence-corrected chi connectivity index (χ1v) is 11.3. The molecule has 3 heterocycles. The summed E-state index contributed by atoms with van der Waals surface area (Å²) in [5, 5.41) is 7.27. The molecule has 1 aromatic carbocycles. The second-order valence-electron chi connectivity index (χ2n) is 7.24. The Hall–Kier alpha value is -2.45. The number of rotatable bonds is 7. The average Bonchev–Trinajstić information content (AvgIpc) is 3.39. The molecule has 0 N–H and O–H groups in total. The van der Waals surface area contributed by atoms with E-state index in [0.29, 0.717) is 40.2 Å². The predicted molar refractivity (Wildman–Crippen MR) is 117 cm³/mol. The smallest absolute Gasteiger partial charge is 0.262 e. The number of thioether (sulfide) groups is 1. The highest BCUT2D eigenvalue weighted by molar-refractivity contribution is 7.99. The largest absolute Gasteiger partial charge is 0.338 e. The zero-order chi connectivity index (χ0) is 20.4. The number of benzene rings is 1. The summed E-state index contributed by atoms with van der Waals surface area (Å²) in [6.45, 7) is 6.93. The molecule has 150 valence electrons. The van der Waals surface area contributed by atoms with E-state index < -0.39 is 0 Å². The minimum atomic E-state index is -0.130. The fourth-order valence-corrected chi connectivity index (χ4v) is 4.55. The molecule has 0 bridgehead atoms. The number of nitrogens with zero attached hydrogens (tertiary/aromatic N) is 4. The van der Waals surface area contributed by atoms with Crippen LogP contribution in [0, 0.1) is 5.92 Å². The third-order valence-corrected chi connectivity index (χ3v) is 6.51. The van der Waals surface area contributed by atoms with Crippen LogP contribution < -0.4 is 5.56 Å². The molecule has 0 saturated heterocycles. The molecular weight excluding hydrogens is 404 g/mol. The molecule has 1 unspecified atom stereocenters. The third-order valence-electron chi connectivity index (χ3n) is 4.57. The van der Waals surface area contributed by atoms with Crippen molar-refractivity contribution in [1.29, 1.82) is 0 Å². The Morgan fingerprint density at radius 3 is 2.72 bits per heavy atom. The summed E-state index contributed by atoms with van der Waals surface area (Å²) in [5.74, 6) is 1.61. The van der Waals surface area contributed by atoms with Crippen molar-refractivity contribution >= 4 is 34.0 Å². The van der Waals surface area contributed by atoms with Crippen molar-refractivity contribution < 1.29 is 4.52 Å². The molecule has 0 fully saturated rings. The minimum Gasteiger partial charge on any atom is -0.338 e. The van der Waals surface area contributed by atoms with Gasteiger partial charge in [-0.05, 0) is 42.8 Å². The Bertz CT molecular complexity index is 1170. The number of aromatic nitrogens is 4. The number of hydrogen-bond donors (Lipinski definition) is 0. The Kier molecular flexibility index (Phi) is 5.82. The summed E-state index contributed by atoms with van der Waals surface area (Å²) >= 11 is 3.04. The van der Waals surface area contributed by atoms with Gasteiger partial charge in [-0.15, -0.1) is 11.3 Å². The lowest BCUT2D eigenvalue weighted by atomic mass is 10.1. The molecule has 0 saturated carbocycles. The van der Waals surface area contributed by atoms with Gasteiger partial charge in [-0.3, -0.25) is 9.36 Å². The second kappa shape index (κ2) is 8.51. The van der Waals surface area contributed by atoms with Gasteiger partial charge in [0.1, 0.15) is 0 Å². The van der Waals surface area contributed by atoms with Crippen LogP contribution >= 0.6 is 23.1 Å². The van der Waals surface area contributed by atoms with Crippen molar-refractivity contribution in [1.82, 2.24) is 19.7 Å². The van der Waals surface area contributed by atoms with Crippen LogP contribution in [0.5, 0.6) is 0 Å². The quantitative estimate of drug-likeness (QED) is 0.291. The van der Waals surface area contributed by atoms with E-state index in [2.05, 4.69) is 24.0 Å². The van der Waals surface area contributed by atoms with Crippen LogP contribution in [-0.4, -0.2) is 19.7 Å². The van der Waals surface area contributed by atoms with Crippen molar-refractivity contribution in [2.45, 2.75) is 44.1 Å². The molecule has 0 amide bonds. The molecule has 29 heavy (non-hydrogen) atoms. The highest BCUT2D eigenvalue weighted by atomic mass is 32.2. The number of fused-ring (bicyclic) bond motifs is 1. The summed E-state index contributed by atoms with van der Waals surface area (Å²) in [4.78, 5) is 23.4. The maximum atomic E-state index is 13.1. The molecule has 0 spiro atoms. The fraction of sp³-hybridized carbons (Fsp3) is 0.333. The third kappa shape index (κ3) is 4.28. The number of hydrogen-bond acceptors (Lipinski definition) is 7. The topological polar surface area (TPSA) is 73.8 Å². The van der Waals surface area contributed by atoms with Crippen molar-refractivity contribution in [2.24, 2.45) is 5.92 Å². The minimum absolute atomic E-state index is 0.00393. The summed E-state index contributed by atoms with van der Waals surface area (Å²) in [5.41, 5.74) is 0.702. The Balaban J connectivity index is 1.67. The first-order valence-electron chi connectivity index (χ1n) is 9.56. The van der Waals surface area contributed by atoms with Crippen LogP contribution in [0.4, 0.5) is 0 Å². The van der Waals surface area contributed by atoms with Gasteiger partial charge in [0.15, 0.2) is 5.16 Å². The van der Waals surface area contributed by atoms with E-state index in [0.717, 1.165) is 11.3 Å². The van der Waals surface area contributed by atoms with Crippen LogP contribution in [0.2, 0.25) is 0 Å². The maximum absolute atomic E-state index is 13.1. The summed E-state index contributed by atoms with van der Waals surface area (Å²) in [7, 11) is 0. The normalized spacial score (nSPS) is 12.7. The molecule has 0 radical (unpaired) electrons. The molecule has 1 atom stereocenters. The zero-order valence-electron chi connectivity index (χ0n) is 16.5. The first-order chi connectivity index (χ1) is 14.0. The van der Waals surface area contributed by atoms with Crippen LogP contribution in [0.1, 0.15) is 38.3 Å². The number of thiophene rings is 1. The molecule has 0 aliphatic heterocycles. The van der Waals surface area contributed by atoms with E-state index >= 15 is 0 Å². The standard InChI is InChI=1S/C21H22N4O2S2/c1-13(2)10-11-25-20(26)15-7-4-5-8-16(15)22-21(25)29-14(3)19-23-18(24-27-19)17-9-6-12-28-17/h4-9,12-14H,10-11H2,1-3H3. The summed E-state index contributed by atoms with van der Waals surface area (Å²) in [6, 6.07) is 11.4. The molecular formula is C21H22N4O2S2. The zero-order valence-corrected chi connectivity index (χ0v) is 18.2. The molecule has 6 nitrogen and oxygen atoms in total. The van der Waals surface area contributed by atoms with Gasteiger partial charge in [-0.2, -0.15) is 4.98 Å². The molecule has 4 aromatic rings. The lowest BCUT2D eigenvalue weighted by molar-refractivity contribution is 0.380. The van der Waals surface area contributed by atoms with Crippen LogP contribution in [0.15, 0.2) is 56.3 Å². The maximum Gasteiger partial charge on any atom is 0.262 e. The van der Waals surface area contributed by atoms with E-state index in [4.69, 9.17) is 9.51 Å². The van der Waals surface area contributed by atoms with Crippen molar-refractivity contribution in [3.8, 4) is 10.7 Å². The Morgan fingerprint density at radius 2 is 1.97 bits per heavy atom. The van der Waals surface area contributed by atoms with Gasteiger partial charge < -0.3 is 4.52 Å². The van der Waals surface area contributed by atoms with Gasteiger partial charge in [0.2, 0.25) is 11.7 Å². The van der Waals surface area contributed by atoms with Gasteiger partial charge in [-0.1, -0.05) is 49.0 Å². The van der Waals surface area contributed by atoms with Crippen LogP contribution in [0.3, 0.4) is 0 Å². The summed E-state index contributed by atoms with van der Waals surface area (Å²) < 4.78 is 7.27. The first kappa shape index (κ1) is 19.8. The van der Waals surface area contributed by atoms with E-state index in [1.807, 2.05) is 48.7 Å².